The van der Waals surface area contributed by atoms with Crippen molar-refractivity contribution in [2.24, 2.45) is 5.92 Å². The third kappa shape index (κ3) is 2.28. The minimum atomic E-state index is -0.517. The molecule has 1 aliphatic heterocycles. The van der Waals surface area contributed by atoms with Crippen molar-refractivity contribution >= 4 is 33.3 Å². The van der Waals surface area contributed by atoms with E-state index in [2.05, 4.69) is 20.9 Å². The molecule has 1 unspecified atom stereocenters. The summed E-state index contributed by atoms with van der Waals surface area (Å²) in [5.74, 6) is 0.214. The molecule has 1 amide bonds. The van der Waals surface area contributed by atoms with Crippen molar-refractivity contribution in [3.05, 3.63) is 28.4 Å². The molecule has 17 heavy (non-hydrogen) atoms. The topological polar surface area (TPSA) is 76.3 Å². The molecule has 0 saturated carbocycles. The van der Waals surface area contributed by atoms with Gasteiger partial charge in [-0.05, 0) is 12.0 Å². The second-order valence-electron chi connectivity index (χ2n) is 3.83. The molecule has 90 valence electrons. The zero-order valence-electron chi connectivity index (χ0n) is 8.88. The first-order valence-electron chi connectivity index (χ1n) is 5.09. The summed E-state index contributed by atoms with van der Waals surface area (Å²) >= 11 is 3.32. The van der Waals surface area contributed by atoms with Gasteiger partial charge in [0.1, 0.15) is 0 Å². The highest BCUT2D eigenvalue weighted by atomic mass is 79.9. The van der Waals surface area contributed by atoms with Crippen molar-refractivity contribution in [2.75, 3.05) is 16.8 Å². The molecule has 1 atom stereocenters. The highest BCUT2D eigenvalue weighted by molar-refractivity contribution is 9.09. The Balaban J connectivity index is 2.35. The number of anilines is 1. The number of amides is 1. The molecule has 6 nitrogen and oxygen atoms in total. The first-order chi connectivity index (χ1) is 8.13. The number of alkyl halides is 1. The van der Waals surface area contributed by atoms with E-state index >= 15 is 0 Å². The summed E-state index contributed by atoms with van der Waals surface area (Å²) in [6, 6.07) is 2.85. The smallest absolute Gasteiger partial charge is 0.291 e. The Kier molecular flexibility index (Phi) is 3.37. The van der Waals surface area contributed by atoms with Crippen LogP contribution in [0.1, 0.15) is 6.42 Å². The Labute approximate surface area is 106 Å². The SMILES string of the molecule is O=C1CC(CBr)CN1c1ncccc1[N+](=O)[O-]. The maximum atomic E-state index is 11.8. The standard InChI is InChI=1S/C10H10BrN3O3/c11-5-7-4-9(15)13(6-7)10-8(14(16)17)2-1-3-12-10/h1-3,7H,4-6H2. The third-order valence-corrected chi connectivity index (χ3v) is 3.56. The number of carbonyl (C=O) groups excluding carboxylic acids is 1. The fourth-order valence-corrected chi connectivity index (χ4v) is 2.26. The van der Waals surface area contributed by atoms with Gasteiger partial charge in [0, 0.05) is 30.6 Å². The van der Waals surface area contributed by atoms with Crippen LogP contribution in [0.2, 0.25) is 0 Å². The molecule has 0 aromatic carbocycles. The van der Waals surface area contributed by atoms with Crippen LogP contribution in [-0.4, -0.2) is 27.7 Å². The number of nitro groups is 1. The van der Waals surface area contributed by atoms with E-state index in [-0.39, 0.29) is 23.3 Å². The number of aromatic nitrogens is 1. The van der Waals surface area contributed by atoms with Crippen molar-refractivity contribution < 1.29 is 9.72 Å². The van der Waals surface area contributed by atoms with E-state index in [1.807, 2.05) is 0 Å². The Morgan fingerprint density at radius 1 is 1.65 bits per heavy atom. The van der Waals surface area contributed by atoms with E-state index in [9.17, 15) is 14.9 Å². The van der Waals surface area contributed by atoms with Crippen molar-refractivity contribution in [1.82, 2.24) is 4.98 Å². The van der Waals surface area contributed by atoms with Gasteiger partial charge in [0.25, 0.3) is 0 Å². The molecule has 1 fully saturated rings. The van der Waals surface area contributed by atoms with Crippen LogP contribution in [0, 0.1) is 16.0 Å². The number of nitrogens with zero attached hydrogens (tertiary/aromatic N) is 3. The minimum absolute atomic E-state index is 0.115. The Bertz CT molecular complexity index is 466. The number of halogens is 1. The lowest BCUT2D eigenvalue weighted by molar-refractivity contribution is -0.384. The number of hydrogen-bond donors (Lipinski definition) is 0. The van der Waals surface area contributed by atoms with E-state index < -0.39 is 4.92 Å². The number of pyridine rings is 1. The van der Waals surface area contributed by atoms with E-state index in [4.69, 9.17) is 0 Å². The summed E-state index contributed by atoms with van der Waals surface area (Å²) in [5.41, 5.74) is -0.129. The van der Waals surface area contributed by atoms with Gasteiger partial charge in [0.05, 0.1) is 4.92 Å². The number of carbonyl (C=O) groups is 1. The van der Waals surface area contributed by atoms with Gasteiger partial charge in [-0.15, -0.1) is 0 Å². The second-order valence-corrected chi connectivity index (χ2v) is 4.48. The van der Waals surface area contributed by atoms with Crippen molar-refractivity contribution in [3.63, 3.8) is 0 Å². The summed E-state index contributed by atoms with van der Waals surface area (Å²) in [6.07, 6.45) is 1.86. The quantitative estimate of drug-likeness (QED) is 0.484. The van der Waals surface area contributed by atoms with Crippen LogP contribution in [0.3, 0.4) is 0 Å². The van der Waals surface area contributed by atoms with Gasteiger partial charge >= 0.3 is 5.69 Å². The molecule has 0 aliphatic carbocycles. The Morgan fingerprint density at radius 3 is 3.00 bits per heavy atom. The highest BCUT2D eigenvalue weighted by Gasteiger charge is 2.34. The molecule has 2 heterocycles. The normalized spacial score (nSPS) is 19.7. The van der Waals surface area contributed by atoms with Gasteiger partial charge in [0.15, 0.2) is 0 Å². The van der Waals surface area contributed by atoms with Gasteiger partial charge in [-0.1, -0.05) is 15.9 Å². The van der Waals surface area contributed by atoms with Gasteiger partial charge in [-0.2, -0.15) is 0 Å². The molecular formula is C10H10BrN3O3. The maximum absolute atomic E-state index is 11.8. The molecule has 1 aliphatic rings. The van der Waals surface area contributed by atoms with Crippen LogP contribution in [0.4, 0.5) is 11.5 Å². The fourth-order valence-electron chi connectivity index (χ4n) is 1.83. The minimum Gasteiger partial charge on any atom is -0.291 e. The van der Waals surface area contributed by atoms with Gasteiger partial charge in [0.2, 0.25) is 11.7 Å². The summed E-state index contributed by atoms with van der Waals surface area (Å²) in [6.45, 7) is 0.474. The number of rotatable bonds is 3. The van der Waals surface area contributed by atoms with E-state index in [0.29, 0.717) is 18.3 Å². The third-order valence-electron chi connectivity index (χ3n) is 2.64. The summed E-state index contributed by atoms with van der Waals surface area (Å²) < 4.78 is 0. The molecule has 0 radical (unpaired) electrons. The molecule has 7 heteroatoms. The first-order valence-corrected chi connectivity index (χ1v) is 6.21. The second kappa shape index (κ2) is 4.79. The van der Waals surface area contributed by atoms with Crippen LogP contribution in [0.25, 0.3) is 0 Å². The van der Waals surface area contributed by atoms with Crippen LogP contribution in [-0.2, 0) is 4.79 Å². The van der Waals surface area contributed by atoms with E-state index in [0.717, 1.165) is 0 Å². The average molecular weight is 300 g/mol. The molecule has 0 spiro atoms. The molecular weight excluding hydrogens is 290 g/mol. The van der Waals surface area contributed by atoms with Gasteiger partial charge < -0.3 is 0 Å². The Hall–Kier alpha value is -1.50. The van der Waals surface area contributed by atoms with Crippen molar-refractivity contribution in [1.29, 1.82) is 0 Å². The largest absolute Gasteiger partial charge is 0.312 e. The molecule has 1 aromatic rings. The molecule has 0 bridgehead atoms. The highest BCUT2D eigenvalue weighted by Crippen LogP contribution is 2.30. The van der Waals surface area contributed by atoms with Crippen molar-refractivity contribution in [3.8, 4) is 0 Å². The molecule has 1 saturated heterocycles. The summed E-state index contributed by atoms with van der Waals surface area (Å²) in [5, 5.41) is 11.6. The van der Waals surface area contributed by atoms with Crippen LogP contribution in [0.5, 0.6) is 0 Å². The van der Waals surface area contributed by atoms with Crippen LogP contribution in [0.15, 0.2) is 18.3 Å². The average Bonchev–Trinajstić information content (AvgIpc) is 2.70. The maximum Gasteiger partial charge on any atom is 0.312 e. The van der Waals surface area contributed by atoms with E-state index in [1.165, 1.54) is 23.2 Å². The number of hydrogen-bond acceptors (Lipinski definition) is 4. The fraction of sp³-hybridized carbons (Fsp3) is 0.400. The van der Waals surface area contributed by atoms with E-state index in [1.54, 1.807) is 0 Å². The lowest BCUT2D eigenvalue weighted by atomic mass is 10.2. The predicted molar refractivity (Wildman–Crippen MR) is 65.1 cm³/mol. The Morgan fingerprint density at radius 2 is 2.41 bits per heavy atom. The predicted octanol–water partition coefficient (Wildman–Crippen LogP) is 1.74. The monoisotopic (exact) mass is 299 g/mol. The van der Waals surface area contributed by atoms with Crippen LogP contribution >= 0.6 is 15.9 Å². The summed E-state index contributed by atoms with van der Waals surface area (Å²) in [4.78, 5) is 27.4. The zero-order valence-corrected chi connectivity index (χ0v) is 10.5. The van der Waals surface area contributed by atoms with Gasteiger partial charge in [-0.3, -0.25) is 19.8 Å². The first kappa shape index (κ1) is 12.0. The summed E-state index contributed by atoms with van der Waals surface area (Å²) in [7, 11) is 0. The molecule has 2 rings (SSSR count). The molecule has 0 N–H and O–H groups in total. The van der Waals surface area contributed by atoms with Crippen LogP contribution < -0.4 is 4.90 Å². The lowest BCUT2D eigenvalue weighted by Crippen LogP contribution is -2.26. The lowest BCUT2D eigenvalue weighted by Gasteiger charge is -2.14. The zero-order chi connectivity index (χ0) is 12.4. The molecule has 1 aromatic heterocycles. The van der Waals surface area contributed by atoms with Crippen molar-refractivity contribution in [2.45, 2.75) is 6.42 Å². The van der Waals surface area contributed by atoms with Gasteiger partial charge in [-0.25, -0.2) is 4.98 Å².